The highest BCUT2D eigenvalue weighted by atomic mass is 32.1. The molecule has 19 heavy (non-hydrogen) atoms. The molecule has 0 radical (unpaired) electrons. The Bertz CT molecular complexity index is 453. The van der Waals surface area contributed by atoms with Crippen LogP contribution in [0.25, 0.3) is 0 Å². The standard InChI is InChI=1S/C13H22N4OS/c1-16(2)6-7-17(3)11-8-10(14)12(19-11)13(18)15-9-4-5-9/h8-9H,4-7,14H2,1-3H3,(H,15,18). The molecule has 1 aromatic rings. The van der Waals surface area contributed by atoms with Crippen LogP contribution in [0, 0.1) is 0 Å². The Hall–Kier alpha value is -1.27. The molecule has 0 aliphatic heterocycles. The third kappa shape index (κ3) is 3.84. The number of hydrogen-bond donors (Lipinski definition) is 2. The summed E-state index contributed by atoms with van der Waals surface area (Å²) in [5.41, 5.74) is 6.52. The minimum absolute atomic E-state index is 0.0303. The lowest BCUT2D eigenvalue weighted by molar-refractivity contribution is 0.0956. The van der Waals surface area contributed by atoms with Gasteiger partial charge in [-0.05, 0) is 33.0 Å². The quantitative estimate of drug-likeness (QED) is 0.823. The third-order valence-corrected chi connectivity index (χ3v) is 4.39. The second-order valence-electron chi connectivity index (χ2n) is 5.34. The molecule has 0 unspecified atom stereocenters. The highest BCUT2D eigenvalue weighted by Gasteiger charge is 2.26. The lowest BCUT2D eigenvalue weighted by Crippen LogP contribution is -2.27. The van der Waals surface area contributed by atoms with Gasteiger partial charge in [0.2, 0.25) is 0 Å². The van der Waals surface area contributed by atoms with E-state index in [1.165, 1.54) is 11.3 Å². The van der Waals surface area contributed by atoms with E-state index in [9.17, 15) is 4.79 Å². The number of carbonyl (C=O) groups is 1. The van der Waals surface area contributed by atoms with Crippen LogP contribution in [0.4, 0.5) is 10.7 Å². The molecule has 1 fully saturated rings. The van der Waals surface area contributed by atoms with Crippen molar-refractivity contribution >= 4 is 27.9 Å². The van der Waals surface area contributed by atoms with Gasteiger partial charge in [-0.25, -0.2) is 0 Å². The fourth-order valence-electron chi connectivity index (χ4n) is 1.70. The second kappa shape index (κ2) is 5.79. The number of nitrogens with zero attached hydrogens (tertiary/aromatic N) is 2. The number of nitrogen functional groups attached to an aromatic ring is 1. The first kappa shape index (κ1) is 14.1. The van der Waals surface area contributed by atoms with E-state index in [0.29, 0.717) is 16.6 Å². The van der Waals surface area contributed by atoms with Gasteiger partial charge in [0.1, 0.15) is 4.88 Å². The van der Waals surface area contributed by atoms with E-state index in [1.807, 2.05) is 27.2 Å². The number of anilines is 2. The highest BCUT2D eigenvalue weighted by molar-refractivity contribution is 7.18. The van der Waals surface area contributed by atoms with Gasteiger partial charge >= 0.3 is 0 Å². The summed E-state index contributed by atoms with van der Waals surface area (Å²) in [6, 6.07) is 2.26. The Morgan fingerprint density at radius 1 is 1.42 bits per heavy atom. The van der Waals surface area contributed by atoms with Crippen molar-refractivity contribution in [1.29, 1.82) is 0 Å². The number of likely N-dealkylation sites (N-methyl/N-ethyl adjacent to an activating group) is 2. The Morgan fingerprint density at radius 2 is 2.11 bits per heavy atom. The largest absolute Gasteiger partial charge is 0.397 e. The number of nitrogens with one attached hydrogen (secondary N) is 1. The van der Waals surface area contributed by atoms with Crippen LogP contribution in [0.15, 0.2) is 6.07 Å². The summed E-state index contributed by atoms with van der Waals surface area (Å²) in [7, 11) is 6.12. The zero-order chi connectivity index (χ0) is 14.0. The van der Waals surface area contributed by atoms with Gasteiger partial charge in [-0.2, -0.15) is 0 Å². The highest BCUT2D eigenvalue weighted by Crippen LogP contribution is 2.32. The van der Waals surface area contributed by atoms with Crippen molar-refractivity contribution < 1.29 is 4.79 Å². The molecule has 1 aliphatic rings. The van der Waals surface area contributed by atoms with Crippen molar-refractivity contribution in [1.82, 2.24) is 10.2 Å². The summed E-state index contributed by atoms with van der Waals surface area (Å²) < 4.78 is 0. The summed E-state index contributed by atoms with van der Waals surface area (Å²) in [5, 5.41) is 4.02. The van der Waals surface area contributed by atoms with Gasteiger partial charge in [-0.1, -0.05) is 0 Å². The molecule has 0 saturated heterocycles. The number of nitrogens with two attached hydrogens (primary N) is 1. The van der Waals surface area contributed by atoms with E-state index in [2.05, 4.69) is 15.1 Å². The molecule has 106 valence electrons. The lowest BCUT2D eigenvalue weighted by Gasteiger charge is -2.19. The fraction of sp³-hybridized carbons (Fsp3) is 0.615. The topological polar surface area (TPSA) is 61.6 Å². The minimum atomic E-state index is -0.0303. The predicted molar refractivity (Wildman–Crippen MR) is 81.0 cm³/mol. The normalized spacial score (nSPS) is 14.7. The first-order valence-electron chi connectivity index (χ1n) is 6.53. The fourth-order valence-corrected chi connectivity index (χ4v) is 2.67. The van der Waals surface area contributed by atoms with Crippen molar-refractivity contribution in [3.8, 4) is 0 Å². The number of amides is 1. The van der Waals surface area contributed by atoms with Crippen molar-refractivity contribution in [3.63, 3.8) is 0 Å². The van der Waals surface area contributed by atoms with Crippen LogP contribution in [0.1, 0.15) is 22.5 Å². The molecule has 1 aromatic heterocycles. The van der Waals surface area contributed by atoms with E-state index >= 15 is 0 Å². The van der Waals surface area contributed by atoms with Crippen molar-refractivity contribution in [2.24, 2.45) is 0 Å². The van der Waals surface area contributed by atoms with Gasteiger partial charge in [-0.15, -0.1) is 11.3 Å². The molecule has 6 heteroatoms. The summed E-state index contributed by atoms with van der Waals surface area (Å²) in [6.07, 6.45) is 2.18. The summed E-state index contributed by atoms with van der Waals surface area (Å²) >= 11 is 1.47. The van der Waals surface area contributed by atoms with Gasteiger partial charge < -0.3 is 20.9 Å². The average molecular weight is 282 g/mol. The third-order valence-electron chi connectivity index (χ3n) is 3.13. The molecule has 1 aliphatic carbocycles. The molecule has 1 heterocycles. The number of hydrogen-bond acceptors (Lipinski definition) is 5. The first-order chi connectivity index (χ1) is 8.97. The molecule has 5 nitrogen and oxygen atoms in total. The van der Waals surface area contributed by atoms with Crippen molar-refractivity contribution in [2.45, 2.75) is 18.9 Å². The molecule has 0 spiro atoms. The van der Waals surface area contributed by atoms with Crippen LogP contribution in [0.3, 0.4) is 0 Å². The lowest BCUT2D eigenvalue weighted by atomic mass is 10.3. The Kier molecular flexibility index (Phi) is 4.31. The van der Waals surface area contributed by atoms with E-state index in [1.54, 1.807) is 0 Å². The number of carbonyl (C=O) groups excluding carboxylic acids is 1. The average Bonchev–Trinajstić information content (AvgIpc) is 3.06. The van der Waals surface area contributed by atoms with Crippen LogP contribution in [0.5, 0.6) is 0 Å². The maximum absolute atomic E-state index is 12.0. The van der Waals surface area contributed by atoms with E-state index in [0.717, 1.165) is 30.9 Å². The van der Waals surface area contributed by atoms with Gasteiger partial charge in [0.05, 0.1) is 10.7 Å². The molecule has 0 atom stereocenters. The maximum Gasteiger partial charge on any atom is 0.263 e. The Balaban J connectivity index is 2.00. The van der Waals surface area contributed by atoms with Crippen LogP contribution in [-0.4, -0.2) is 51.1 Å². The van der Waals surface area contributed by atoms with Crippen molar-refractivity contribution in [3.05, 3.63) is 10.9 Å². The van der Waals surface area contributed by atoms with Gasteiger partial charge in [0.15, 0.2) is 0 Å². The Labute approximate surface area is 118 Å². The van der Waals surface area contributed by atoms with Gasteiger partial charge in [0, 0.05) is 26.2 Å². The van der Waals surface area contributed by atoms with E-state index < -0.39 is 0 Å². The zero-order valence-electron chi connectivity index (χ0n) is 11.8. The molecule has 3 N–H and O–H groups in total. The number of rotatable bonds is 6. The van der Waals surface area contributed by atoms with Crippen LogP contribution in [-0.2, 0) is 0 Å². The van der Waals surface area contributed by atoms with Crippen LogP contribution >= 0.6 is 11.3 Å². The maximum atomic E-state index is 12.0. The van der Waals surface area contributed by atoms with Crippen molar-refractivity contribution in [2.75, 3.05) is 44.9 Å². The van der Waals surface area contributed by atoms with E-state index in [4.69, 9.17) is 5.73 Å². The Morgan fingerprint density at radius 3 is 2.68 bits per heavy atom. The van der Waals surface area contributed by atoms with Gasteiger partial charge in [-0.3, -0.25) is 4.79 Å². The smallest absolute Gasteiger partial charge is 0.263 e. The molecule has 2 rings (SSSR count). The molecule has 0 aromatic carbocycles. The first-order valence-corrected chi connectivity index (χ1v) is 7.35. The molecular formula is C13H22N4OS. The van der Waals surface area contributed by atoms with E-state index in [-0.39, 0.29) is 5.91 Å². The summed E-state index contributed by atoms with van der Waals surface area (Å²) in [6.45, 7) is 1.88. The molecule has 0 bridgehead atoms. The van der Waals surface area contributed by atoms with Crippen LogP contribution in [0.2, 0.25) is 0 Å². The molecular weight excluding hydrogens is 260 g/mol. The number of thiophene rings is 1. The summed E-state index contributed by atoms with van der Waals surface area (Å²) in [4.78, 5) is 16.9. The molecule has 1 amide bonds. The van der Waals surface area contributed by atoms with Gasteiger partial charge in [0.25, 0.3) is 5.91 Å². The SMILES string of the molecule is CN(C)CCN(C)c1cc(N)c(C(=O)NC2CC2)s1. The predicted octanol–water partition coefficient (Wildman–Crippen LogP) is 1.22. The minimum Gasteiger partial charge on any atom is -0.397 e. The zero-order valence-corrected chi connectivity index (χ0v) is 12.6. The monoisotopic (exact) mass is 282 g/mol. The summed E-state index contributed by atoms with van der Waals surface area (Å²) in [5.74, 6) is -0.0303. The second-order valence-corrected chi connectivity index (χ2v) is 6.37. The molecule has 1 saturated carbocycles. The van der Waals surface area contributed by atoms with Crippen LogP contribution < -0.4 is 16.0 Å².